The van der Waals surface area contributed by atoms with E-state index in [0.29, 0.717) is 31.9 Å². The van der Waals surface area contributed by atoms with Gasteiger partial charge in [-0.3, -0.25) is 14.4 Å². The largest absolute Gasteiger partial charge is 0.314 e. The number of nitrogens with zero attached hydrogens (tertiary/aromatic N) is 5. The first-order valence-corrected chi connectivity index (χ1v) is 10.8. The van der Waals surface area contributed by atoms with Gasteiger partial charge in [0.1, 0.15) is 10.0 Å². The highest BCUT2D eigenvalue weighted by molar-refractivity contribution is 7.89. The van der Waals surface area contributed by atoms with E-state index in [-0.39, 0.29) is 22.5 Å². The molecule has 0 unspecified atom stereocenters. The van der Waals surface area contributed by atoms with Gasteiger partial charge in [0.15, 0.2) is 0 Å². The summed E-state index contributed by atoms with van der Waals surface area (Å²) in [5.41, 5.74) is 1.21. The quantitative estimate of drug-likeness (QED) is 0.722. The number of benzene rings is 1. The molecule has 0 radical (unpaired) electrons. The molecule has 0 N–H and O–H groups in total. The van der Waals surface area contributed by atoms with Gasteiger partial charge in [-0.1, -0.05) is 29.8 Å². The monoisotopic (exact) mass is 425 g/mol. The van der Waals surface area contributed by atoms with Gasteiger partial charge in [-0.05, 0) is 19.1 Å². The van der Waals surface area contributed by atoms with E-state index in [2.05, 4.69) is 5.10 Å². The summed E-state index contributed by atoms with van der Waals surface area (Å²) < 4.78 is 28.7. The predicted octanol–water partition coefficient (Wildman–Crippen LogP) is 1.35. The predicted molar refractivity (Wildman–Crippen MR) is 108 cm³/mol. The number of piperazine rings is 1. The van der Waals surface area contributed by atoms with Gasteiger partial charge in [-0.2, -0.15) is 9.40 Å². The van der Waals surface area contributed by atoms with Crippen LogP contribution in [0.3, 0.4) is 0 Å². The van der Waals surface area contributed by atoms with Gasteiger partial charge >= 0.3 is 0 Å². The maximum Gasteiger partial charge on any atom is 0.248 e. The molecule has 10 heteroatoms. The lowest BCUT2D eigenvalue weighted by Crippen LogP contribution is -2.51. The molecule has 1 saturated heterocycles. The Kier molecular flexibility index (Phi) is 6.09. The van der Waals surface area contributed by atoms with Crippen molar-refractivity contribution in [2.75, 3.05) is 44.7 Å². The molecule has 2 heterocycles. The highest BCUT2D eigenvalue weighted by Gasteiger charge is 2.34. The minimum atomic E-state index is -3.72. The molecule has 0 aliphatic carbocycles. The zero-order valence-corrected chi connectivity index (χ0v) is 17.7. The standard InChI is InChI=1S/C18H24ClN5O3S/c1-14-17(18(19)22(3)20-14)28(26,27)24-11-9-23(10-12-24)13-16(25)21(2)15-7-5-4-6-8-15/h4-8H,9-13H2,1-3H3. The van der Waals surface area contributed by atoms with Crippen molar-refractivity contribution in [3.05, 3.63) is 41.2 Å². The van der Waals surface area contributed by atoms with Crippen LogP contribution in [-0.2, 0) is 21.9 Å². The number of para-hydroxylation sites is 1. The Morgan fingerprint density at radius 3 is 2.32 bits per heavy atom. The van der Waals surface area contributed by atoms with Gasteiger partial charge in [0.05, 0.1) is 12.2 Å². The maximum atomic E-state index is 13.0. The molecule has 28 heavy (non-hydrogen) atoms. The van der Waals surface area contributed by atoms with Gasteiger partial charge in [0, 0.05) is 46.0 Å². The number of hydrogen-bond acceptors (Lipinski definition) is 5. The number of halogens is 1. The number of carbonyl (C=O) groups is 1. The van der Waals surface area contributed by atoms with Crippen LogP contribution in [0.25, 0.3) is 0 Å². The summed E-state index contributed by atoms with van der Waals surface area (Å²) in [6.45, 7) is 3.43. The summed E-state index contributed by atoms with van der Waals surface area (Å²) in [4.78, 5) is 16.2. The van der Waals surface area contributed by atoms with E-state index in [1.807, 2.05) is 35.2 Å². The molecule has 0 saturated carbocycles. The zero-order valence-electron chi connectivity index (χ0n) is 16.2. The second-order valence-corrected chi connectivity index (χ2v) is 9.03. The molecule has 0 bridgehead atoms. The summed E-state index contributed by atoms with van der Waals surface area (Å²) >= 11 is 6.14. The van der Waals surface area contributed by atoms with E-state index >= 15 is 0 Å². The Morgan fingerprint density at radius 2 is 1.79 bits per heavy atom. The van der Waals surface area contributed by atoms with Crippen LogP contribution in [0.15, 0.2) is 35.2 Å². The average Bonchev–Trinajstić information content (AvgIpc) is 2.94. The highest BCUT2D eigenvalue weighted by Crippen LogP contribution is 2.28. The van der Waals surface area contributed by atoms with Gasteiger partial charge < -0.3 is 4.90 Å². The van der Waals surface area contributed by atoms with Crippen LogP contribution in [0, 0.1) is 6.92 Å². The Labute approximate surface area is 170 Å². The summed E-state index contributed by atoms with van der Waals surface area (Å²) in [7, 11) is -0.364. The van der Waals surface area contributed by atoms with Crippen LogP contribution in [0.2, 0.25) is 5.15 Å². The van der Waals surface area contributed by atoms with Gasteiger partial charge in [-0.25, -0.2) is 8.42 Å². The fraction of sp³-hybridized carbons (Fsp3) is 0.444. The Hall–Kier alpha value is -1.94. The second kappa shape index (κ2) is 8.20. The van der Waals surface area contributed by atoms with Crippen molar-refractivity contribution in [1.29, 1.82) is 0 Å². The molecule has 1 aliphatic heterocycles. The lowest BCUT2D eigenvalue weighted by Gasteiger charge is -2.34. The summed E-state index contributed by atoms with van der Waals surface area (Å²) in [6, 6.07) is 9.42. The van der Waals surface area contributed by atoms with Crippen LogP contribution in [0.5, 0.6) is 0 Å². The van der Waals surface area contributed by atoms with Gasteiger partial charge in [-0.15, -0.1) is 0 Å². The lowest BCUT2D eigenvalue weighted by molar-refractivity contribution is -0.119. The van der Waals surface area contributed by atoms with E-state index in [0.717, 1.165) is 5.69 Å². The van der Waals surface area contributed by atoms with E-state index in [9.17, 15) is 13.2 Å². The first-order chi connectivity index (χ1) is 13.2. The van der Waals surface area contributed by atoms with Crippen LogP contribution in [0.4, 0.5) is 5.69 Å². The number of sulfonamides is 1. The maximum absolute atomic E-state index is 13.0. The third kappa shape index (κ3) is 4.07. The fourth-order valence-corrected chi connectivity index (χ4v) is 5.38. The molecule has 1 aliphatic rings. The second-order valence-electron chi connectivity index (χ2n) is 6.80. The molecule has 0 spiro atoms. The number of rotatable bonds is 5. The van der Waals surface area contributed by atoms with Crippen molar-refractivity contribution in [3.63, 3.8) is 0 Å². The number of likely N-dealkylation sites (N-methyl/N-ethyl adjacent to an activating group) is 1. The lowest BCUT2D eigenvalue weighted by atomic mass is 10.3. The molecule has 2 aromatic rings. The molecule has 1 amide bonds. The van der Waals surface area contributed by atoms with E-state index in [1.165, 1.54) is 8.99 Å². The van der Waals surface area contributed by atoms with E-state index < -0.39 is 10.0 Å². The molecule has 8 nitrogen and oxygen atoms in total. The van der Waals surface area contributed by atoms with Crippen LogP contribution >= 0.6 is 11.6 Å². The number of aryl methyl sites for hydroxylation is 2. The van der Waals surface area contributed by atoms with Crippen LogP contribution < -0.4 is 4.90 Å². The normalized spacial score (nSPS) is 16.3. The minimum absolute atomic E-state index is 0.0337. The van der Waals surface area contributed by atoms with Crippen molar-refractivity contribution >= 4 is 33.2 Å². The molecule has 0 atom stereocenters. The molecule has 1 fully saturated rings. The first kappa shape index (κ1) is 20.8. The molecule has 152 valence electrons. The van der Waals surface area contributed by atoms with Crippen molar-refractivity contribution in [2.45, 2.75) is 11.8 Å². The molecular weight excluding hydrogens is 402 g/mol. The van der Waals surface area contributed by atoms with Gasteiger partial charge in [0.2, 0.25) is 15.9 Å². The minimum Gasteiger partial charge on any atom is -0.314 e. The molecular formula is C18H24ClN5O3S. The van der Waals surface area contributed by atoms with Crippen molar-refractivity contribution < 1.29 is 13.2 Å². The Morgan fingerprint density at radius 1 is 1.18 bits per heavy atom. The van der Waals surface area contributed by atoms with Crippen molar-refractivity contribution in [3.8, 4) is 0 Å². The summed E-state index contributed by atoms with van der Waals surface area (Å²) in [5.74, 6) is -0.0337. The molecule has 1 aromatic carbocycles. The third-order valence-corrected chi connectivity index (χ3v) is 7.50. The average molecular weight is 426 g/mol. The topological polar surface area (TPSA) is 78.8 Å². The van der Waals surface area contributed by atoms with Crippen LogP contribution in [-0.4, -0.2) is 73.1 Å². The third-order valence-electron chi connectivity index (χ3n) is 4.91. The molecule has 1 aromatic heterocycles. The highest BCUT2D eigenvalue weighted by atomic mass is 35.5. The Balaban J connectivity index is 1.62. The number of carbonyl (C=O) groups excluding carboxylic acids is 1. The number of hydrogen-bond donors (Lipinski definition) is 0. The fourth-order valence-electron chi connectivity index (χ4n) is 3.25. The smallest absolute Gasteiger partial charge is 0.248 e. The number of amides is 1. The van der Waals surface area contributed by atoms with Crippen molar-refractivity contribution in [1.82, 2.24) is 19.0 Å². The Bertz CT molecular complexity index is 953. The summed E-state index contributed by atoms with van der Waals surface area (Å²) in [5, 5.41) is 4.20. The number of anilines is 1. The van der Waals surface area contributed by atoms with E-state index in [4.69, 9.17) is 11.6 Å². The molecule has 3 rings (SSSR count). The van der Waals surface area contributed by atoms with Crippen LogP contribution in [0.1, 0.15) is 5.69 Å². The first-order valence-electron chi connectivity index (χ1n) is 8.95. The number of aromatic nitrogens is 2. The van der Waals surface area contributed by atoms with Crippen molar-refractivity contribution in [2.24, 2.45) is 7.05 Å². The van der Waals surface area contributed by atoms with E-state index in [1.54, 1.807) is 25.9 Å². The van der Waals surface area contributed by atoms with Gasteiger partial charge in [0.25, 0.3) is 0 Å². The SMILES string of the molecule is Cc1nn(C)c(Cl)c1S(=O)(=O)N1CCN(CC(=O)N(C)c2ccccc2)CC1. The summed E-state index contributed by atoms with van der Waals surface area (Å²) in [6.07, 6.45) is 0. The zero-order chi connectivity index (χ0) is 20.5.